The second-order valence-corrected chi connectivity index (χ2v) is 5.48. The third-order valence-corrected chi connectivity index (χ3v) is 3.90. The maximum absolute atomic E-state index is 11.6. The average molecular weight is 284 g/mol. The number of rotatable bonds is 7. The molecule has 0 saturated heterocycles. The maximum Gasteiger partial charge on any atom is 0.326 e. The summed E-state index contributed by atoms with van der Waals surface area (Å²) in [5.74, 6) is -0.999. The van der Waals surface area contributed by atoms with Crippen molar-refractivity contribution in [3.05, 3.63) is 21.9 Å². The molecule has 0 bridgehead atoms. The summed E-state index contributed by atoms with van der Waals surface area (Å²) in [6.45, 7) is 4.39. The van der Waals surface area contributed by atoms with Gasteiger partial charge < -0.3 is 15.7 Å². The molecule has 0 aromatic carbocycles. The second kappa shape index (κ2) is 7.78. The minimum absolute atomic E-state index is 0.426. The van der Waals surface area contributed by atoms with Gasteiger partial charge in [-0.25, -0.2) is 9.59 Å². The number of thiophene rings is 1. The molecule has 1 heterocycles. The molecule has 0 aliphatic carbocycles. The van der Waals surface area contributed by atoms with Gasteiger partial charge >= 0.3 is 12.0 Å². The van der Waals surface area contributed by atoms with Crippen LogP contribution in [-0.2, 0) is 17.8 Å². The normalized spacial score (nSPS) is 11.9. The number of urea groups is 1. The molecular formula is C13H20N2O3S. The zero-order valence-electron chi connectivity index (χ0n) is 11.2. The van der Waals surface area contributed by atoms with Crippen LogP contribution in [0.15, 0.2) is 12.1 Å². The highest BCUT2D eigenvalue weighted by atomic mass is 32.1. The molecule has 0 fully saturated rings. The number of carbonyl (C=O) groups is 2. The molecule has 3 N–H and O–H groups in total. The third-order valence-electron chi connectivity index (χ3n) is 2.67. The van der Waals surface area contributed by atoms with Gasteiger partial charge in [0, 0.05) is 9.75 Å². The molecule has 0 spiro atoms. The standard InChI is InChI=1S/C13H20N2O3S/c1-3-5-11(12(16)17)15-13(18)14-8-10-7-6-9(4-2)19-10/h6-7,11H,3-5,8H2,1-2H3,(H,16,17)(H2,14,15,18)/t11-/m0/s1. The summed E-state index contributed by atoms with van der Waals surface area (Å²) in [7, 11) is 0. The second-order valence-electron chi connectivity index (χ2n) is 4.23. The number of amides is 2. The van der Waals surface area contributed by atoms with Crippen LogP contribution < -0.4 is 10.6 Å². The van der Waals surface area contributed by atoms with Gasteiger partial charge in [0.2, 0.25) is 0 Å². The van der Waals surface area contributed by atoms with E-state index in [9.17, 15) is 9.59 Å². The molecule has 0 unspecified atom stereocenters. The Morgan fingerprint density at radius 2 is 2.00 bits per heavy atom. The lowest BCUT2D eigenvalue weighted by Gasteiger charge is -2.13. The van der Waals surface area contributed by atoms with E-state index in [4.69, 9.17) is 5.11 Å². The summed E-state index contributed by atoms with van der Waals surface area (Å²) in [4.78, 5) is 24.8. The van der Waals surface area contributed by atoms with Crippen molar-refractivity contribution in [3.63, 3.8) is 0 Å². The third kappa shape index (κ3) is 5.30. The molecule has 0 aliphatic rings. The molecule has 6 heteroatoms. The minimum Gasteiger partial charge on any atom is -0.480 e. The van der Waals surface area contributed by atoms with Crippen molar-refractivity contribution in [1.29, 1.82) is 0 Å². The van der Waals surface area contributed by atoms with Gasteiger partial charge in [0.15, 0.2) is 0 Å². The van der Waals surface area contributed by atoms with Gasteiger partial charge in [0.25, 0.3) is 0 Å². The molecule has 106 valence electrons. The van der Waals surface area contributed by atoms with E-state index in [-0.39, 0.29) is 0 Å². The van der Waals surface area contributed by atoms with E-state index in [0.29, 0.717) is 19.4 Å². The molecule has 0 aliphatic heterocycles. The summed E-state index contributed by atoms with van der Waals surface area (Å²) in [5.41, 5.74) is 0. The number of aryl methyl sites for hydroxylation is 1. The highest BCUT2D eigenvalue weighted by Gasteiger charge is 2.18. The van der Waals surface area contributed by atoms with Crippen LogP contribution in [0.5, 0.6) is 0 Å². The van der Waals surface area contributed by atoms with Crippen LogP contribution in [-0.4, -0.2) is 23.1 Å². The molecule has 2 amide bonds. The summed E-state index contributed by atoms with van der Waals surface area (Å²) in [6, 6.07) is 2.76. The van der Waals surface area contributed by atoms with E-state index >= 15 is 0 Å². The number of nitrogens with one attached hydrogen (secondary N) is 2. The number of carboxylic acid groups (broad SMARTS) is 1. The van der Waals surface area contributed by atoms with Crippen LogP contribution in [0, 0.1) is 0 Å². The van der Waals surface area contributed by atoms with Gasteiger partial charge in [-0.05, 0) is 25.0 Å². The average Bonchev–Trinajstić information content (AvgIpc) is 2.83. The van der Waals surface area contributed by atoms with E-state index in [1.807, 2.05) is 19.1 Å². The van der Waals surface area contributed by atoms with Gasteiger partial charge in [-0.1, -0.05) is 20.3 Å². The first-order valence-corrected chi connectivity index (χ1v) is 7.23. The first-order valence-electron chi connectivity index (χ1n) is 6.41. The lowest BCUT2D eigenvalue weighted by atomic mass is 10.2. The lowest BCUT2D eigenvalue weighted by molar-refractivity contribution is -0.139. The predicted octanol–water partition coefficient (Wildman–Crippen LogP) is 2.36. The predicted molar refractivity (Wildman–Crippen MR) is 75.4 cm³/mol. The van der Waals surface area contributed by atoms with Gasteiger partial charge in [-0.15, -0.1) is 11.3 Å². The summed E-state index contributed by atoms with van der Waals surface area (Å²) < 4.78 is 0. The molecule has 0 radical (unpaired) electrons. The Morgan fingerprint density at radius 1 is 1.32 bits per heavy atom. The number of aliphatic carboxylic acids is 1. The van der Waals surface area contributed by atoms with E-state index in [1.54, 1.807) is 11.3 Å². The Hall–Kier alpha value is -1.56. The van der Waals surface area contributed by atoms with Gasteiger partial charge in [0.1, 0.15) is 6.04 Å². The highest BCUT2D eigenvalue weighted by molar-refractivity contribution is 7.11. The van der Waals surface area contributed by atoms with Crippen LogP contribution in [0.4, 0.5) is 4.79 Å². The van der Waals surface area contributed by atoms with E-state index in [0.717, 1.165) is 11.3 Å². The zero-order chi connectivity index (χ0) is 14.3. The molecule has 1 rings (SSSR count). The van der Waals surface area contributed by atoms with Crippen LogP contribution >= 0.6 is 11.3 Å². The summed E-state index contributed by atoms with van der Waals surface area (Å²) in [6.07, 6.45) is 2.12. The van der Waals surface area contributed by atoms with Crippen molar-refractivity contribution >= 4 is 23.3 Å². The van der Waals surface area contributed by atoms with Crippen molar-refractivity contribution in [2.24, 2.45) is 0 Å². The molecule has 1 atom stereocenters. The largest absolute Gasteiger partial charge is 0.480 e. The Morgan fingerprint density at radius 3 is 2.53 bits per heavy atom. The fraction of sp³-hybridized carbons (Fsp3) is 0.538. The molecule has 5 nitrogen and oxygen atoms in total. The zero-order valence-corrected chi connectivity index (χ0v) is 12.0. The Balaban J connectivity index is 2.40. The van der Waals surface area contributed by atoms with E-state index in [1.165, 1.54) is 4.88 Å². The topological polar surface area (TPSA) is 78.4 Å². The first kappa shape index (κ1) is 15.5. The Bertz CT molecular complexity index is 431. The Kier molecular flexibility index (Phi) is 6.35. The molecule has 1 aromatic rings. The molecule has 19 heavy (non-hydrogen) atoms. The molecular weight excluding hydrogens is 264 g/mol. The number of hydrogen-bond acceptors (Lipinski definition) is 3. The lowest BCUT2D eigenvalue weighted by Crippen LogP contribution is -2.45. The SMILES string of the molecule is CCC[C@H](NC(=O)NCc1ccc(CC)s1)C(=O)O. The number of carbonyl (C=O) groups excluding carboxylic acids is 1. The first-order chi connectivity index (χ1) is 9.06. The van der Waals surface area contributed by atoms with Crippen LogP contribution in [0.2, 0.25) is 0 Å². The van der Waals surface area contributed by atoms with Crippen molar-refractivity contribution in [2.45, 2.75) is 45.7 Å². The van der Waals surface area contributed by atoms with Gasteiger partial charge in [0.05, 0.1) is 6.54 Å². The van der Waals surface area contributed by atoms with Gasteiger partial charge in [-0.2, -0.15) is 0 Å². The summed E-state index contributed by atoms with van der Waals surface area (Å²) >= 11 is 1.65. The van der Waals surface area contributed by atoms with Crippen LogP contribution in [0.3, 0.4) is 0 Å². The smallest absolute Gasteiger partial charge is 0.326 e. The maximum atomic E-state index is 11.6. The van der Waals surface area contributed by atoms with E-state index in [2.05, 4.69) is 17.6 Å². The number of hydrogen-bond donors (Lipinski definition) is 3. The fourth-order valence-electron chi connectivity index (χ4n) is 1.63. The van der Waals surface area contributed by atoms with Crippen LogP contribution in [0.25, 0.3) is 0 Å². The monoisotopic (exact) mass is 284 g/mol. The van der Waals surface area contributed by atoms with Gasteiger partial charge in [-0.3, -0.25) is 0 Å². The highest BCUT2D eigenvalue weighted by Crippen LogP contribution is 2.16. The number of carboxylic acids is 1. The minimum atomic E-state index is -0.999. The van der Waals surface area contributed by atoms with Crippen LogP contribution in [0.1, 0.15) is 36.4 Å². The quantitative estimate of drug-likeness (QED) is 0.719. The summed E-state index contributed by atoms with van der Waals surface area (Å²) in [5, 5.41) is 14.1. The van der Waals surface area contributed by atoms with Crippen molar-refractivity contribution in [2.75, 3.05) is 0 Å². The Labute approximate surface area is 117 Å². The van der Waals surface area contributed by atoms with Crippen molar-refractivity contribution in [1.82, 2.24) is 10.6 Å². The molecule has 0 saturated carbocycles. The molecule has 1 aromatic heterocycles. The van der Waals surface area contributed by atoms with Crippen molar-refractivity contribution in [3.8, 4) is 0 Å². The van der Waals surface area contributed by atoms with Crippen molar-refractivity contribution < 1.29 is 14.7 Å². The van der Waals surface area contributed by atoms with E-state index < -0.39 is 18.0 Å². The fourth-order valence-corrected chi connectivity index (χ4v) is 2.53.